The molecule has 54 valence electrons. The molecule has 0 amide bonds. The summed E-state index contributed by atoms with van der Waals surface area (Å²) in [5.74, 6) is 0. The maximum absolute atomic E-state index is 4.93. The van der Waals surface area contributed by atoms with E-state index >= 15 is 0 Å². The molecule has 0 atom stereocenters. The van der Waals surface area contributed by atoms with Gasteiger partial charge in [-0.3, -0.25) is 0 Å². The minimum atomic E-state index is 0. The van der Waals surface area contributed by atoms with Crippen molar-refractivity contribution in [2.75, 3.05) is 13.7 Å². The monoisotopic (exact) mass is 142 g/mol. The van der Waals surface area contributed by atoms with Crippen LogP contribution in [0.5, 0.6) is 0 Å². The van der Waals surface area contributed by atoms with E-state index in [1.165, 1.54) is 5.56 Å². The first-order chi connectivity index (χ1) is 4.93. The molecule has 1 rings (SSSR count). The van der Waals surface area contributed by atoms with Crippen molar-refractivity contribution in [1.29, 1.82) is 0 Å². The quantitative estimate of drug-likeness (QED) is 0.375. The first-order valence-corrected chi connectivity index (χ1v) is 3.38. The molecule has 0 bridgehead atoms. The topological polar surface area (TPSA) is 9.23 Å². The summed E-state index contributed by atoms with van der Waals surface area (Å²) in [5.41, 5.74) is 1.21. The van der Waals surface area contributed by atoms with Crippen LogP contribution in [0.2, 0.25) is 0 Å². The Hall–Kier alpha value is -0.223. The van der Waals surface area contributed by atoms with Crippen molar-refractivity contribution in [3.63, 3.8) is 0 Å². The van der Waals surface area contributed by atoms with Gasteiger partial charge in [-0.05, 0) is 6.42 Å². The summed E-state index contributed by atoms with van der Waals surface area (Å²) >= 11 is 0. The van der Waals surface area contributed by atoms with Crippen molar-refractivity contribution in [1.82, 2.24) is 0 Å². The van der Waals surface area contributed by atoms with E-state index < -0.39 is 0 Å². The van der Waals surface area contributed by atoms with Crippen molar-refractivity contribution < 1.29 is 23.6 Å². The van der Waals surface area contributed by atoms with Crippen LogP contribution in [0.3, 0.4) is 0 Å². The minimum absolute atomic E-state index is 0. The molecule has 0 aliphatic rings. The van der Waals surface area contributed by atoms with E-state index in [-0.39, 0.29) is 18.9 Å². The molecule has 0 unspecified atom stereocenters. The molecule has 11 heavy (non-hydrogen) atoms. The molecule has 0 heterocycles. The number of hydrogen-bond donors (Lipinski definition) is 0. The molecule has 1 aromatic rings. The Labute approximate surface area is 79.9 Å². The molecule has 2 heteroatoms. The Balaban J connectivity index is 0.000001000. The third-order valence-electron chi connectivity index (χ3n) is 1.35. The number of methoxy groups -OCH3 is 1. The van der Waals surface area contributed by atoms with Crippen molar-refractivity contribution in [2.45, 2.75) is 6.42 Å². The summed E-state index contributed by atoms with van der Waals surface area (Å²) in [6.45, 7) is 0.778. The predicted molar refractivity (Wildman–Crippen MR) is 40.9 cm³/mol. The van der Waals surface area contributed by atoms with Gasteiger partial charge in [-0.15, -0.1) is 0 Å². The van der Waals surface area contributed by atoms with Crippen LogP contribution in [0.15, 0.2) is 24.3 Å². The molecule has 0 saturated carbocycles. The first-order valence-electron chi connectivity index (χ1n) is 3.38. The Bertz CT molecular complexity index is 174. The van der Waals surface area contributed by atoms with Gasteiger partial charge in [0.2, 0.25) is 0 Å². The van der Waals surface area contributed by atoms with Crippen LogP contribution in [-0.4, -0.2) is 13.7 Å². The third kappa shape index (κ3) is 4.26. The van der Waals surface area contributed by atoms with Crippen LogP contribution in [0.1, 0.15) is 5.56 Å². The van der Waals surface area contributed by atoms with E-state index in [1.807, 2.05) is 18.2 Å². The number of benzene rings is 1. The Morgan fingerprint density at radius 2 is 2.27 bits per heavy atom. The van der Waals surface area contributed by atoms with Crippen LogP contribution in [0.4, 0.5) is 0 Å². The summed E-state index contributed by atoms with van der Waals surface area (Å²) in [5, 5.41) is 0. The molecule has 0 aliphatic heterocycles. The largest absolute Gasteiger partial charge is 1.00 e. The zero-order chi connectivity index (χ0) is 7.23. The maximum Gasteiger partial charge on any atom is 1.00 e. The van der Waals surface area contributed by atoms with Crippen molar-refractivity contribution in [3.8, 4) is 0 Å². The van der Waals surface area contributed by atoms with Crippen LogP contribution in [-0.2, 0) is 11.2 Å². The molecule has 0 aromatic heterocycles. The van der Waals surface area contributed by atoms with Crippen molar-refractivity contribution in [2.24, 2.45) is 0 Å². The van der Waals surface area contributed by atoms with Gasteiger partial charge in [-0.25, -0.2) is 0 Å². The van der Waals surface area contributed by atoms with E-state index in [4.69, 9.17) is 4.74 Å². The van der Waals surface area contributed by atoms with Crippen LogP contribution in [0.25, 0.3) is 0 Å². The van der Waals surface area contributed by atoms with E-state index in [2.05, 4.69) is 12.1 Å². The first kappa shape index (κ1) is 10.8. The summed E-state index contributed by atoms with van der Waals surface area (Å²) in [6.07, 6.45) is 0.956. The standard InChI is InChI=1S/C9H11O.Li/c1-10-8-7-9-5-3-2-4-6-9;/h2-5H,7-8H2,1H3;/q-1;+1. The Morgan fingerprint density at radius 3 is 2.82 bits per heavy atom. The SMILES string of the molecule is COCCc1[c-]cccc1.[Li+]. The summed E-state index contributed by atoms with van der Waals surface area (Å²) in [7, 11) is 1.71. The van der Waals surface area contributed by atoms with Crippen LogP contribution in [0, 0.1) is 6.07 Å². The zero-order valence-corrected chi connectivity index (χ0v) is 7.13. The molecule has 0 saturated heterocycles. The van der Waals surface area contributed by atoms with Gasteiger partial charge in [-0.1, -0.05) is 0 Å². The molecule has 1 nitrogen and oxygen atoms in total. The maximum atomic E-state index is 4.93. The summed E-state index contributed by atoms with van der Waals surface area (Å²) in [4.78, 5) is 0. The fourth-order valence-corrected chi connectivity index (χ4v) is 0.798. The van der Waals surface area contributed by atoms with E-state index in [0.29, 0.717) is 0 Å². The average molecular weight is 142 g/mol. The van der Waals surface area contributed by atoms with Gasteiger partial charge in [0.05, 0.1) is 0 Å². The second-order valence-corrected chi connectivity index (χ2v) is 2.13. The summed E-state index contributed by atoms with van der Waals surface area (Å²) < 4.78 is 4.93. The molecule has 0 aliphatic carbocycles. The fraction of sp³-hybridized carbons (Fsp3) is 0.333. The molecule has 0 fully saturated rings. The second kappa shape index (κ2) is 6.49. The van der Waals surface area contributed by atoms with Gasteiger partial charge in [-0.2, -0.15) is 35.9 Å². The number of ether oxygens (including phenoxy) is 1. The molecule has 1 aromatic carbocycles. The predicted octanol–water partition coefficient (Wildman–Crippen LogP) is -1.32. The Morgan fingerprint density at radius 1 is 1.45 bits per heavy atom. The van der Waals surface area contributed by atoms with Gasteiger partial charge in [0.25, 0.3) is 0 Å². The average Bonchev–Trinajstić information content (AvgIpc) is 2.03. The van der Waals surface area contributed by atoms with E-state index in [0.717, 1.165) is 13.0 Å². The fourth-order valence-electron chi connectivity index (χ4n) is 0.798. The van der Waals surface area contributed by atoms with Crippen LogP contribution >= 0.6 is 0 Å². The number of rotatable bonds is 3. The van der Waals surface area contributed by atoms with Gasteiger partial charge in [0.15, 0.2) is 0 Å². The van der Waals surface area contributed by atoms with Gasteiger partial charge in [0, 0.05) is 13.7 Å². The smallest absolute Gasteiger partial charge is 0.384 e. The molecule has 0 radical (unpaired) electrons. The third-order valence-corrected chi connectivity index (χ3v) is 1.35. The second-order valence-electron chi connectivity index (χ2n) is 2.13. The van der Waals surface area contributed by atoms with Crippen molar-refractivity contribution >= 4 is 0 Å². The zero-order valence-electron chi connectivity index (χ0n) is 7.13. The number of hydrogen-bond acceptors (Lipinski definition) is 1. The van der Waals surface area contributed by atoms with Gasteiger partial charge < -0.3 is 4.74 Å². The van der Waals surface area contributed by atoms with E-state index in [1.54, 1.807) is 7.11 Å². The van der Waals surface area contributed by atoms with Crippen molar-refractivity contribution in [3.05, 3.63) is 35.9 Å². The Kier molecular flexibility index (Phi) is 6.35. The van der Waals surface area contributed by atoms with Crippen LogP contribution < -0.4 is 18.9 Å². The van der Waals surface area contributed by atoms with Gasteiger partial charge >= 0.3 is 18.9 Å². The minimum Gasteiger partial charge on any atom is -0.384 e. The normalized spacial score (nSPS) is 8.82. The molecular weight excluding hydrogens is 131 g/mol. The van der Waals surface area contributed by atoms with E-state index in [9.17, 15) is 0 Å². The molecule has 0 spiro atoms. The molecular formula is C9H11LiO. The molecule has 0 N–H and O–H groups in total. The van der Waals surface area contributed by atoms with Gasteiger partial charge in [0.1, 0.15) is 0 Å². The summed E-state index contributed by atoms with van der Waals surface area (Å²) in [6, 6.07) is 11.1.